The fourth-order valence-corrected chi connectivity index (χ4v) is 3.38. The summed E-state index contributed by atoms with van der Waals surface area (Å²) in [5.74, 6) is 1.58. The minimum absolute atomic E-state index is 0.265. The Morgan fingerprint density at radius 3 is 2.91 bits per heavy atom. The number of ether oxygens (including phenoxy) is 1. The number of aromatic nitrogens is 3. The molecule has 0 bridgehead atoms. The summed E-state index contributed by atoms with van der Waals surface area (Å²) in [6.07, 6.45) is 7.85. The Balaban J connectivity index is 1.43. The maximum Gasteiger partial charge on any atom is 0.213 e. The summed E-state index contributed by atoms with van der Waals surface area (Å²) in [4.78, 5) is 6.79. The fourth-order valence-electron chi connectivity index (χ4n) is 3.38. The van der Waals surface area contributed by atoms with Crippen molar-refractivity contribution >= 4 is 0 Å². The average Bonchev–Trinajstić information content (AvgIpc) is 2.98. The average molecular weight is 298 g/mol. The van der Waals surface area contributed by atoms with Crippen molar-refractivity contribution in [3.63, 3.8) is 0 Å². The third-order valence-corrected chi connectivity index (χ3v) is 4.76. The van der Waals surface area contributed by atoms with Gasteiger partial charge in [-0.1, -0.05) is 12.5 Å². The van der Waals surface area contributed by atoms with E-state index in [4.69, 9.17) is 4.74 Å². The van der Waals surface area contributed by atoms with E-state index in [1.165, 1.54) is 31.5 Å². The molecule has 3 heterocycles. The Kier molecular flexibility index (Phi) is 3.81. The van der Waals surface area contributed by atoms with Gasteiger partial charge in [-0.25, -0.2) is 4.98 Å². The van der Waals surface area contributed by atoms with Crippen molar-refractivity contribution in [1.29, 1.82) is 0 Å². The Morgan fingerprint density at radius 1 is 1.18 bits per heavy atom. The highest BCUT2D eigenvalue weighted by Crippen LogP contribution is 2.29. The van der Waals surface area contributed by atoms with Gasteiger partial charge in [0.1, 0.15) is 6.61 Å². The zero-order chi connectivity index (χ0) is 14.8. The van der Waals surface area contributed by atoms with Crippen LogP contribution in [0.2, 0.25) is 0 Å². The molecule has 1 aliphatic heterocycles. The van der Waals surface area contributed by atoms with Crippen molar-refractivity contribution in [1.82, 2.24) is 19.7 Å². The molecule has 1 atom stereocenters. The fraction of sp³-hybridized carbons (Fsp3) is 0.529. The molecule has 0 radical (unpaired) electrons. The maximum absolute atomic E-state index is 5.87. The minimum atomic E-state index is 0.265. The number of fused-ring (bicyclic) bond motifs is 1. The van der Waals surface area contributed by atoms with Crippen molar-refractivity contribution in [2.45, 2.75) is 31.8 Å². The summed E-state index contributed by atoms with van der Waals surface area (Å²) in [6, 6.07) is 8.14. The summed E-state index contributed by atoms with van der Waals surface area (Å²) in [6.45, 7) is 3.85. The molecule has 116 valence electrons. The molecular formula is C17H22N4O. The van der Waals surface area contributed by atoms with Gasteiger partial charge in [0.15, 0.2) is 0 Å². The first kappa shape index (κ1) is 13.8. The van der Waals surface area contributed by atoms with E-state index in [1.54, 1.807) is 6.20 Å². The molecule has 2 aromatic heterocycles. The zero-order valence-electron chi connectivity index (χ0n) is 12.8. The van der Waals surface area contributed by atoms with Crippen molar-refractivity contribution < 1.29 is 4.74 Å². The van der Waals surface area contributed by atoms with Crippen LogP contribution in [0.1, 0.15) is 31.0 Å². The minimum Gasteiger partial charge on any atom is -0.475 e. The molecule has 2 aromatic rings. The van der Waals surface area contributed by atoms with E-state index in [-0.39, 0.29) is 6.04 Å². The van der Waals surface area contributed by atoms with Crippen LogP contribution in [0.25, 0.3) is 0 Å². The van der Waals surface area contributed by atoms with Crippen molar-refractivity contribution in [3.8, 4) is 5.88 Å². The molecule has 0 saturated heterocycles. The van der Waals surface area contributed by atoms with Crippen LogP contribution in [0.3, 0.4) is 0 Å². The van der Waals surface area contributed by atoms with E-state index < -0.39 is 0 Å². The van der Waals surface area contributed by atoms with E-state index >= 15 is 0 Å². The standard InChI is InChI=1S/C17H22N4O/c1-2-8-18-17(6-1)22-13-16-12-20(10-14-4-3-5-14)11-15-7-9-19-21(15)16/h1-2,6-9,14,16H,3-5,10-13H2/t16-/m1/s1. The number of nitrogens with zero attached hydrogens (tertiary/aromatic N) is 4. The number of rotatable bonds is 5. The highest BCUT2D eigenvalue weighted by Gasteiger charge is 2.29. The van der Waals surface area contributed by atoms with E-state index in [9.17, 15) is 0 Å². The molecule has 5 nitrogen and oxygen atoms in total. The highest BCUT2D eigenvalue weighted by atomic mass is 16.5. The first-order chi connectivity index (χ1) is 10.9. The van der Waals surface area contributed by atoms with Crippen LogP contribution in [0.15, 0.2) is 36.7 Å². The summed E-state index contributed by atoms with van der Waals surface area (Å²) >= 11 is 0. The molecule has 4 rings (SSSR count). The maximum atomic E-state index is 5.87. The van der Waals surface area contributed by atoms with Gasteiger partial charge >= 0.3 is 0 Å². The molecule has 2 aliphatic rings. The number of hydrogen-bond donors (Lipinski definition) is 0. The van der Waals surface area contributed by atoms with Gasteiger partial charge in [-0.05, 0) is 30.9 Å². The lowest BCUT2D eigenvalue weighted by atomic mass is 9.85. The van der Waals surface area contributed by atoms with Gasteiger partial charge in [-0.3, -0.25) is 9.58 Å². The first-order valence-electron chi connectivity index (χ1n) is 8.17. The van der Waals surface area contributed by atoms with E-state index in [0.29, 0.717) is 12.5 Å². The van der Waals surface area contributed by atoms with Crippen LogP contribution in [0.5, 0.6) is 5.88 Å². The van der Waals surface area contributed by atoms with Gasteiger partial charge < -0.3 is 4.74 Å². The van der Waals surface area contributed by atoms with Gasteiger partial charge in [-0.15, -0.1) is 0 Å². The molecule has 22 heavy (non-hydrogen) atoms. The lowest BCUT2D eigenvalue weighted by molar-refractivity contribution is 0.0992. The Bertz CT molecular complexity index is 608. The third-order valence-electron chi connectivity index (χ3n) is 4.76. The molecule has 0 amide bonds. The van der Waals surface area contributed by atoms with Crippen LogP contribution in [0, 0.1) is 5.92 Å². The largest absolute Gasteiger partial charge is 0.475 e. The first-order valence-corrected chi connectivity index (χ1v) is 8.17. The normalized spacial score (nSPS) is 22.1. The number of hydrogen-bond acceptors (Lipinski definition) is 4. The predicted octanol–water partition coefficient (Wildman–Crippen LogP) is 2.51. The molecule has 1 saturated carbocycles. The van der Waals surface area contributed by atoms with E-state index in [1.807, 2.05) is 24.4 Å². The highest BCUT2D eigenvalue weighted by molar-refractivity contribution is 5.10. The smallest absolute Gasteiger partial charge is 0.213 e. The molecular weight excluding hydrogens is 276 g/mol. The predicted molar refractivity (Wildman–Crippen MR) is 83.6 cm³/mol. The third kappa shape index (κ3) is 2.86. The topological polar surface area (TPSA) is 43.2 Å². The molecule has 0 N–H and O–H groups in total. The summed E-state index contributed by atoms with van der Waals surface area (Å²) in [5, 5.41) is 4.49. The lowest BCUT2D eigenvalue weighted by Gasteiger charge is -2.37. The van der Waals surface area contributed by atoms with Crippen LogP contribution >= 0.6 is 0 Å². The second-order valence-electron chi connectivity index (χ2n) is 6.39. The van der Waals surface area contributed by atoms with Gasteiger partial charge in [0, 0.05) is 38.1 Å². The Labute approximate surface area is 130 Å². The summed E-state index contributed by atoms with van der Waals surface area (Å²) in [5.41, 5.74) is 1.29. The molecule has 5 heteroatoms. The molecule has 0 aromatic carbocycles. The summed E-state index contributed by atoms with van der Waals surface area (Å²) < 4.78 is 7.99. The summed E-state index contributed by atoms with van der Waals surface area (Å²) in [7, 11) is 0. The SMILES string of the molecule is c1ccc(OC[C@H]2CN(CC3CCC3)Cc3ccnn32)nc1. The quantitative estimate of drug-likeness (QED) is 0.850. The van der Waals surface area contributed by atoms with Crippen molar-refractivity contribution in [3.05, 3.63) is 42.4 Å². The van der Waals surface area contributed by atoms with Gasteiger partial charge in [0.25, 0.3) is 0 Å². The van der Waals surface area contributed by atoms with Crippen LogP contribution < -0.4 is 4.74 Å². The second kappa shape index (κ2) is 6.08. The lowest BCUT2D eigenvalue weighted by Crippen LogP contribution is -2.43. The van der Waals surface area contributed by atoms with Crippen LogP contribution in [-0.2, 0) is 6.54 Å². The van der Waals surface area contributed by atoms with Gasteiger partial charge in [0.05, 0.1) is 11.7 Å². The van der Waals surface area contributed by atoms with Crippen LogP contribution in [0.4, 0.5) is 0 Å². The van der Waals surface area contributed by atoms with Gasteiger partial charge in [-0.2, -0.15) is 5.10 Å². The van der Waals surface area contributed by atoms with E-state index in [2.05, 4.69) is 25.7 Å². The zero-order valence-corrected chi connectivity index (χ0v) is 12.8. The van der Waals surface area contributed by atoms with Crippen LogP contribution in [-0.4, -0.2) is 39.4 Å². The molecule has 1 aliphatic carbocycles. The van der Waals surface area contributed by atoms with E-state index in [0.717, 1.165) is 19.0 Å². The monoisotopic (exact) mass is 298 g/mol. The number of pyridine rings is 1. The molecule has 1 fully saturated rings. The van der Waals surface area contributed by atoms with Crippen molar-refractivity contribution in [2.24, 2.45) is 5.92 Å². The Morgan fingerprint density at radius 2 is 2.14 bits per heavy atom. The Hall–Kier alpha value is -1.88. The van der Waals surface area contributed by atoms with Gasteiger partial charge in [0.2, 0.25) is 5.88 Å². The second-order valence-corrected chi connectivity index (χ2v) is 6.39. The molecule has 0 spiro atoms. The van der Waals surface area contributed by atoms with Crippen molar-refractivity contribution in [2.75, 3.05) is 19.7 Å². The molecule has 0 unspecified atom stereocenters.